The summed E-state index contributed by atoms with van der Waals surface area (Å²) >= 11 is 5.29. The molecule has 2 aromatic rings. The summed E-state index contributed by atoms with van der Waals surface area (Å²) in [5, 5.41) is 16.4. The number of methoxy groups -OCH3 is 1. The first kappa shape index (κ1) is 21.2. The Kier molecular flexibility index (Phi) is 7.60. The van der Waals surface area contributed by atoms with E-state index in [0.29, 0.717) is 20.6 Å². The lowest BCUT2D eigenvalue weighted by molar-refractivity contribution is -0.131. The van der Waals surface area contributed by atoms with Gasteiger partial charge >= 0.3 is 0 Å². The molecular formula is C18H17BrIN3O4. The van der Waals surface area contributed by atoms with Gasteiger partial charge in [0.2, 0.25) is 5.91 Å². The summed E-state index contributed by atoms with van der Waals surface area (Å²) in [4.78, 5) is 24.3. The van der Waals surface area contributed by atoms with E-state index in [0.717, 1.165) is 4.47 Å². The van der Waals surface area contributed by atoms with Crippen LogP contribution in [0.5, 0.6) is 11.5 Å². The quantitative estimate of drug-likeness (QED) is 0.224. The number of carbonyl (C=O) groups is 2. The molecule has 0 aliphatic heterocycles. The number of carbonyl (C=O) groups excluding carboxylic acids is 2. The largest absolute Gasteiger partial charge is 0.504 e. The highest BCUT2D eigenvalue weighted by atomic mass is 127. The Labute approximate surface area is 178 Å². The zero-order valence-electron chi connectivity index (χ0n) is 14.5. The van der Waals surface area contributed by atoms with Gasteiger partial charge in [0.05, 0.1) is 22.6 Å². The molecule has 2 amide bonds. The van der Waals surface area contributed by atoms with Crippen LogP contribution in [0.15, 0.2) is 46.0 Å². The number of aromatic hydroxyl groups is 1. The van der Waals surface area contributed by atoms with Crippen LogP contribution in [0.1, 0.15) is 12.5 Å². The molecular weight excluding hydrogens is 529 g/mol. The molecule has 0 aliphatic rings. The Morgan fingerprint density at radius 3 is 2.67 bits per heavy atom. The number of phenols is 1. The maximum atomic E-state index is 12.2. The number of hydrazone groups is 1. The number of nitrogens with zero attached hydrogens (tertiary/aromatic N) is 1. The van der Waals surface area contributed by atoms with Crippen LogP contribution in [-0.4, -0.2) is 30.2 Å². The van der Waals surface area contributed by atoms with Crippen LogP contribution in [0.4, 0.5) is 5.69 Å². The molecule has 0 radical (unpaired) electrons. The van der Waals surface area contributed by atoms with Gasteiger partial charge < -0.3 is 15.2 Å². The molecule has 142 valence electrons. The van der Waals surface area contributed by atoms with Crippen LogP contribution in [0.3, 0.4) is 0 Å². The number of benzene rings is 2. The van der Waals surface area contributed by atoms with E-state index in [9.17, 15) is 14.7 Å². The molecule has 2 aromatic carbocycles. The number of rotatable bonds is 6. The lowest BCUT2D eigenvalue weighted by Crippen LogP contribution is -2.34. The number of nitrogens with one attached hydrogen (secondary N) is 2. The maximum absolute atomic E-state index is 12.2. The first-order valence-electron chi connectivity index (χ1n) is 7.78. The third-order valence-corrected chi connectivity index (χ3v) is 5.09. The minimum Gasteiger partial charge on any atom is -0.504 e. The van der Waals surface area contributed by atoms with Crippen molar-refractivity contribution in [2.75, 3.05) is 12.4 Å². The number of phenolic OH excluding ortho intramolecular Hbond substituents is 1. The Morgan fingerprint density at radius 2 is 2.00 bits per heavy atom. The number of hydrogen-bond donors (Lipinski definition) is 3. The number of para-hydroxylation sites is 1. The summed E-state index contributed by atoms with van der Waals surface area (Å²) in [5.41, 5.74) is 3.54. The molecule has 0 aliphatic carbocycles. The van der Waals surface area contributed by atoms with Gasteiger partial charge in [-0.1, -0.05) is 12.1 Å². The minimum atomic E-state index is -0.941. The highest BCUT2D eigenvalue weighted by Gasteiger charge is 2.21. The van der Waals surface area contributed by atoms with Crippen LogP contribution in [-0.2, 0) is 9.59 Å². The van der Waals surface area contributed by atoms with Gasteiger partial charge in [0.25, 0.3) is 5.91 Å². The molecule has 0 bridgehead atoms. The second-order valence-corrected chi connectivity index (χ2v) is 7.50. The smallest absolute Gasteiger partial charge is 0.252 e. The minimum absolute atomic E-state index is 0.0386. The molecule has 27 heavy (non-hydrogen) atoms. The van der Waals surface area contributed by atoms with Crippen molar-refractivity contribution in [2.45, 2.75) is 6.92 Å². The predicted octanol–water partition coefficient (Wildman–Crippen LogP) is 3.49. The fraction of sp³-hybridized carbons (Fsp3) is 0.167. The zero-order chi connectivity index (χ0) is 20.0. The van der Waals surface area contributed by atoms with Crippen LogP contribution >= 0.6 is 38.5 Å². The zero-order valence-corrected chi connectivity index (χ0v) is 18.2. The molecule has 9 heteroatoms. The van der Waals surface area contributed by atoms with E-state index >= 15 is 0 Å². The van der Waals surface area contributed by atoms with Crippen molar-refractivity contribution in [1.29, 1.82) is 0 Å². The molecule has 2 rings (SSSR count). The van der Waals surface area contributed by atoms with Crippen molar-refractivity contribution in [3.8, 4) is 11.5 Å². The van der Waals surface area contributed by atoms with Gasteiger partial charge in [-0.2, -0.15) is 5.10 Å². The second-order valence-electron chi connectivity index (χ2n) is 5.48. The van der Waals surface area contributed by atoms with Crippen molar-refractivity contribution < 1.29 is 19.4 Å². The Bertz CT molecular complexity index is 889. The SMILES string of the molecule is COc1cc(C=NNC(=O)C(C)C(=O)Nc2ccccc2Br)cc(I)c1O. The summed E-state index contributed by atoms with van der Waals surface area (Å²) in [6, 6.07) is 10.4. The Hall–Kier alpha value is -2.14. The molecule has 0 aromatic heterocycles. The molecule has 0 saturated heterocycles. The number of ether oxygens (including phenoxy) is 1. The standard InChI is InChI=1S/C18H17BrIN3O4/c1-10(17(25)22-14-6-4-3-5-12(14)19)18(26)23-21-9-11-7-13(20)16(24)15(8-11)27-2/h3-10,24H,1-2H3,(H,22,25)(H,23,26). The lowest BCUT2D eigenvalue weighted by atomic mass is 10.1. The van der Waals surface area contributed by atoms with Gasteiger partial charge in [0, 0.05) is 4.47 Å². The summed E-state index contributed by atoms with van der Waals surface area (Å²) in [5.74, 6) is -1.59. The average Bonchev–Trinajstić information content (AvgIpc) is 2.65. The van der Waals surface area contributed by atoms with Crippen LogP contribution in [0.25, 0.3) is 0 Å². The third kappa shape index (κ3) is 5.67. The molecule has 0 heterocycles. The molecule has 0 fully saturated rings. The Morgan fingerprint density at radius 1 is 1.30 bits per heavy atom. The van der Waals surface area contributed by atoms with E-state index in [4.69, 9.17) is 4.74 Å². The topological polar surface area (TPSA) is 100 Å². The first-order valence-corrected chi connectivity index (χ1v) is 9.65. The van der Waals surface area contributed by atoms with Crippen LogP contribution < -0.4 is 15.5 Å². The van der Waals surface area contributed by atoms with Crippen molar-refractivity contribution in [2.24, 2.45) is 11.0 Å². The highest BCUT2D eigenvalue weighted by molar-refractivity contribution is 14.1. The van der Waals surface area contributed by atoms with Crippen molar-refractivity contribution in [3.05, 3.63) is 50.0 Å². The summed E-state index contributed by atoms with van der Waals surface area (Å²) in [6.07, 6.45) is 1.40. The number of halogens is 2. The fourth-order valence-corrected chi connectivity index (χ4v) is 3.02. The van der Waals surface area contributed by atoms with E-state index < -0.39 is 17.7 Å². The fourth-order valence-electron chi connectivity index (χ4n) is 2.01. The van der Waals surface area contributed by atoms with Gasteiger partial charge in [-0.3, -0.25) is 9.59 Å². The van der Waals surface area contributed by atoms with Gasteiger partial charge in [0.15, 0.2) is 11.5 Å². The lowest BCUT2D eigenvalue weighted by Gasteiger charge is -2.11. The molecule has 1 atom stereocenters. The normalized spacial score (nSPS) is 11.9. The summed E-state index contributed by atoms with van der Waals surface area (Å²) in [7, 11) is 1.44. The maximum Gasteiger partial charge on any atom is 0.252 e. The monoisotopic (exact) mass is 545 g/mol. The van der Waals surface area contributed by atoms with E-state index in [1.807, 2.05) is 28.7 Å². The van der Waals surface area contributed by atoms with E-state index in [-0.39, 0.29) is 5.75 Å². The molecule has 3 N–H and O–H groups in total. The third-order valence-electron chi connectivity index (χ3n) is 3.58. The van der Waals surface area contributed by atoms with Crippen molar-refractivity contribution in [3.63, 3.8) is 0 Å². The summed E-state index contributed by atoms with van der Waals surface area (Å²) < 4.78 is 6.38. The number of amides is 2. The van der Waals surface area contributed by atoms with Crippen LogP contribution in [0.2, 0.25) is 0 Å². The van der Waals surface area contributed by atoms with Gasteiger partial charge in [-0.25, -0.2) is 5.43 Å². The molecule has 1 unspecified atom stereocenters. The molecule has 0 spiro atoms. The van der Waals surface area contributed by atoms with Gasteiger partial charge in [0.1, 0.15) is 5.92 Å². The summed E-state index contributed by atoms with van der Waals surface area (Å²) in [6.45, 7) is 1.49. The number of anilines is 1. The number of hydrogen-bond acceptors (Lipinski definition) is 5. The van der Waals surface area contributed by atoms with E-state index in [1.165, 1.54) is 20.2 Å². The molecule has 7 nitrogen and oxygen atoms in total. The second kappa shape index (κ2) is 9.70. The highest BCUT2D eigenvalue weighted by Crippen LogP contribution is 2.31. The van der Waals surface area contributed by atoms with Crippen molar-refractivity contribution >= 4 is 62.2 Å². The Balaban J connectivity index is 1.98. The van der Waals surface area contributed by atoms with Gasteiger partial charge in [-0.05, 0) is 75.3 Å². The average molecular weight is 546 g/mol. The van der Waals surface area contributed by atoms with E-state index in [1.54, 1.807) is 30.3 Å². The van der Waals surface area contributed by atoms with Crippen LogP contribution in [0, 0.1) is 9.49 Å². The predicted molar refractivity (Wildman–Crippen MR) is 115 cm³/mol. The van der Waals surface area contributed by atoms with Crippen molar-refractivity contribution in [1.82, 2.24) is 5.43 Å². The van der Waals surface area contributed by atoms with E-state index in [2.05, 4.69) is 31.8 Å². The molecule has 0 saturated carbocycles. The first-order chi connectivity index (χ1) is 12.8. The van der Waals surface area contributed by atoms with Gasteiger partial charge in [-0.15, -0.1) is 0 Å².